The van der Waals surface area contributed by atoms with Crippen LogP contribution in [0, 0.1) is 5.82 Å². The van der Waals surface area contributed by atoms with Crippen LogP contribution in [0.5, 0.6) is 0 Å². The van der Waals surface area contributed by atoms with E-state index < -0.39 is 6.17 Å². The minimum Gasteiger partial charge on any atom is -0.381 e. The number of hydrogen-bond donors (Lipinski definition) is 2. The highest BCUT2D eigenvalue weighted by Crippen LogP contribution is 2.24. The van der Waals surface area contributed by atoms with E-state index in [-0.39, 0.29) is 18.2 Å². The lowest BCUT2D eigenvalue weighted by atomic mass is 10.1. The summed E-state index contributed by atoms with van der Waals surface area (Å²) in [5, 5.41) is 8.14. The molecule has 2 heterocycles. The first-order valence-electron chi connectivity index (χ1n) is 10.0. The topological polar surface area (TPSA) is 81.7 Å². The highest BCUT2D eigenvalue weighted by Gasteiger charge is 2.13. The number of nitrogen functional groups attached to an aromatic ring is 1. The van der Waals surface area contributed by atoms with Crippen LogP contribution < -0.4 is 16.4 Å². The second-order valence-electron chi connectivity index (χ2n) is 7.18. The molecule has 0 radical (unpaired) electrons. The Kier molecular flexibility index (Phi) is 7.33. The fourth-order valence-corrected chi connectivity index (χ4v) is 3.75. The van der Waals surface area contributed by atoms with Gasteiger partial charge >= 0.3 is 0 Å². The number of aromatic nitrogens is 4. The van der Waals surface area contributed by atoms with Crippen molar-refractivity contribution in [3.8, 4) is 11.3 Å². The largest absolute Gasteiger partial charge is 0.381 e. The second kappa shape index (κ2) is 9.96. The Balaban J connectivity index is 1.85. The van der Waals surface area contributed by atoms with Crippen LogP contribution >= 0.6 is 8.58 Å². The molecule has 0 aliphatic rings. The normalized spacial score (nSPS) is 13.2. The molecule has 164 valence electrons. The average molecular weight is 444 g/mol. The van der Waals surface area contributed by atoms with Gasteiger partial charge in [0.05, 0.1) is 17.6 Å². The van der Waals surface area contributed by atoms with Crippen LogP contribution in [0.4, 0.5) is 20.4 Å². The first-order valence-corrected chi connectivity index (χ1v) is 11.5. The predicted molar refractivity (Wildman–Crippen MR) is 125 cm³/mol. The highest BCUT2D eigenvalue weighted by atomic mass is 31.1. The number of alkyl halides is 1. The molecule has 0 saturated carbocycles. The summed E-state index contributed by atoms with van der Waals surface area (Å²) in [6, 6.07) is 5.00. The van der Waals surface area contributed by atoms with Crippen molar-refractivity contribution < 1.29 is 8.78 Å². The van der Waals surface area contributed by atoms with Gasteiger partial charge in [0, 0.05) is 36.2 Å². The third-order valence-electron chi connectivity index (χ3n) is 4.92. The van der Waals surface area contributed by atoms with Gasteiger partial charge in [-0.2, -0.15) is 5.10 Å². The Hall–Kier alpha value is -2.86. The number of rotatable bonds is 8. The van der Waals surface area contributed by atoms with Crippen molar-refractivity contribution in [1.29, 1.82) is 0 Å². The summed E-state index contributed by atoms with van der Waals surface area (Å²) in [5.41, 5.74) is 9.38. The molecule has 0 bridgehead atoms. The summed E-state index contributed by atoms with van der Waals surface area (Å²) in [5.74, 6) is 0.247. The van der Waals surface area contributed by atoms with Gasteiger partial charge < -0.3 is 11.1 Å². The molecule has 0 fully saturated rings. The monoisotopic (exact) mass is 444 g/mol. The van der Waals surface area contributed by atoms with Crippen LogP contribution in [0.3, 0.4) is 0 Å². The Morgan fingerprint density at radius 3 is 2.81 bits per heavy atom. The summed E-state index contributed by atoms with van der Waals surface area (Å²) < 4.78 is 30.2. The molecule has 3 aromatic rings. The maximum atomic E-state index is 14.3. The van der Waals surface area contributed by atoms with Gasteiger partial charge in [0.15, 0.2) is 11.6 Å². The van der Waals surface area contributed by atoms with Gasteiger partial charge in [-0.3, -0.25) is 4.68 Å². The van der Waals surface area contributed by atoms with Gasteiger partial charge in [-0.05, 0) is 37.7 Å². The van der Waals surface area contributed by atoms with E-state index in [1.165, 1.54) is 19.2 Å². The highest BCUT2D eigenvalue weighted by molar-refractivity contribution is 7.46. The summed E-state index contributed by atoms with van der Waals surface area (Å²) >= 11 is 0. The molecular weight excluding hydrogens is 417 g/mol. The van der Waals surface area contributed by atoms with Crippen molar-refractivity contribution in [2.75, 3.05) is 24.3 Å². The van der Waals surface area contributed by atoms with E-state index in [4.69, 9.17) is 5.73 Å². The third-order valence-corrected chi connectivity index (χ3v) is 5.86. The summed E-state index contributed by atoms with van der Waals surface area (Å²) in [6.45, 7) is 5.62. The molecule has 31 heavy (non-hydrogen) atoms. The van der Waals surface area contributed by atoms with Crippen molar-refractivity contribution in [2.45, 2.75) is 26.4 Å². The first-order chi connectivity index (χ1) is 14.8. The van der Waals surface area contributed by atoms with Crippen LogP contribution in [0.25, 0.3) is 17.3 Å². The van der Waals surface area contributed by atoms with Gasteiger partial charge in [0.25, 0.3) is 0 Å². The van der Waals surface area contributed by atoms with Crippen molar-refractivity contribution in [2.24, 2.45) is 7.05 Å². The smallest absolute Gasteiger partial charge is 0.169 e. The van der Waals surface area contributed by atoms with E-state index in [0.717, 1.165) is 17.7 Å². The van der Waals surface area contributed by atoms with Gasteiger partial charge in [0.1, 0.15) is 12.0 Å². The van der Waals surface area contributed by atoms with E-state index >= 15 is 0 Å². The Labute approximate surface area is 182 Å². The molecule has 0 spiro atoms. The lowest BCUT2D eigenvalue weighted by molar-refractivity contribution is 0.411. The van der Waals surface area contributed by atoms with E-state index in [9.17, 15) is 8.78 Å². The minimum absolute atomic E-state index is 0.192. The Morgan fingerprint density at radius 2 is 2.16 bits per heavy atom. The predicted octanol–water partition coefficient (Wildman–Crippen LogP) is 3.95. The minimum atomic E-state index is -1.17. The summed E-state index contributed by atoms with van der Waals surface area (Å²) in [4.78, 5) is 8.66. The van der Waals surface area contributed by atoms with Crippen LogP contribution in [-0.4, -0.2) is 39.1 Å². The molecule has 9 heteroatoms. The molecule has 2 aromatic heterocycles. The zero-order valence-corrected chi connectivity index (χ0v) is 19.1. The Morgan fingerprint density at radius 1 is 1.39 bits per heavy atom. The molecule has 3 N–H and O–H groups in total. The first kappa shape index (κ1) is 22.8. The van der Waals surface area contributed by atoms with Crippen molar-refractivity contribution in [3.05, 3.63) is 53.2 Å². The van der Waals surface area contributed by atoms with Gasteiger partial charge in [-0.25, -0.2) is 18.7 Å². The molecule has 2 unspecified atom stereocenters. The molecule has 0 amide bonds. The molecular formula is C22H27F2N6P. The van der Waals surface area contributed by atoms with Crippen LogP contribution in [-0.2, 0) is 13.5 Å². The van der Waals surface area contributed by atoms with Crippen molar-refractivity contribution in [3.63, 3.8) is 0 Å². The van der Waals surface area contributed by atoms with Gasteiger partial charge in [-0.1, -0.05) is 27.6 Å². The van der Waals surface area contributed by atoms with E-state index in [1.807, 2.05) is 32.9 Å². The second-order valence-corrected chi connectivity index (χ2v) is 8.22. The molecule has 3 rings (SSSR count). The zero-order chi connectivity index (χ0) is 22.5. The fraction of sp³-hybridized carbons (Fsp3) is 0.318. The number of anilines is 2. The number of aryl methyl sites for hydroxylation is 2. The fourth-order valence-electron chi connectivity index (χ4n) is 3.19. The number of hydrogen-bond acceptors (Lipinski definition) is 5. The Bertz CT molecular complexity index is 1090. The molecule has 1 aromatic carbocycles. The average Bonchev–Trinajstić information content (AvgIpc) is 3.11. The van der Waals surface area contributed by atoms with E-state index in [2.05, 4.69) is 20.4 Å². The van der Waals surface area contributed by atoms with Crippen LogP contribution in [0.15, 0.2) is 36.2 Å². The van der Waals surface area contributed by atoms with E-state index in [1.54, 1.807) is 16.8 Å². The lowest BCUT2D eigenvalue weighted by Crippen LogP contribution is -2.14. The SMILES string of the molecule is CCc1nn(C)cc1/C=C(/CNc1nc(-c2ccc(PC)c(F)c2)cnc1N)C(C)F. The number of nitrogens with two attached hydrogens (primary N) is 1. The quantitative estimate of drug-likeness (QED) is 0.514. The summed E-state index contributed by atoms with van der Waals surface area (Å²) in [7, 11) is 2.21. The summed E-state index contributed by atoms with van der Waals surface area (Å²) in [6.07, 6.45) is 4.75. The lowest BCUT2D eigenvalue weighted by Gasteiger charge is -2.13. The van der Waals surface area contributed by atoms with Gasteiger partial charge in [0.2, 0.25) is 0 Å². The third kappa shape index (κ3) is 5.44. The maximum absolute atomic E-state index is 14.3. The van der Waals surface area contributed by atoms with Crippen molar-refractivity contribution >= 4 is 31.6 Å². The maximum Gasteiger partial charge on any atom is 0.169 e. The number of benzene rings is 1. The number of halogens is 2. The molecule has 0 saturated heterocycles. The van der Waals surface area contributed by atoms with E-state index in [0.29, 0.717) is 36.5 Å². The molecule has 6 nitrogen and oxygen atoms in total. The molecule has 0 aliphatic heterocycles. The standard InChI is InChI=1S/C22H27F2N6P/c1-5-18-16(12-30(3)29-18)8-15(13(2)23)10-27-22-21(25)26-11-19(28-22)14-6-7-20(31-4)17(24)9-14/h6-9,11-13,31H,5,10H2,1-4H3,(H2,25,26)(H,27,28)/b15-8-. The van der Waals surface area contributed by atoms with Crippen molar-refractivity contribution in [1.82, 2.24) is 19.7 Å². The molecule has 0 aliphatic carbocycles. The van der Waals surface area contributed by atoms with Crippen LogP contribution in [0.2, 0.25) is 0 Å². The van der Waals surface area contributed by atoms with Crippen LogP contribution in [0.1, 0.15) is 25.1 Å². The number of nitrogens with zero attached hydrogens (tertiary/aromatic N) is 4. The number of nitrogens with one attached hydrogen (secondary N) is 1. The molecule has 2 atom stereocenters. The van der Waals surface area contributed by atoms with Gasteiger partial charge in [-0.15, -0.1) is 0 Å². The zero-order valence-electron chi connectivity index (χ0n) is 18.1.